The molecule has 0 bridgehead atoms. The second-order valence-electron chi connectivity index (χ2n) is 5.90. The summed E-state index contributed by atoms with van der Waals surface area (Å²) < 4.78 is 29.5. The molecule has 0 spiro atoms. The molecule has 0 aromatic heterocycles. The predicted octanol–water partition coefficient (Wildman–Crippen LogP) is 5.49. The first-order valence-corrected chi connectivity index (χ1v) is 10.5. The van der Waals surface area contributed by atoms with Crippen molar-refractivity contribution in [2.24, 2.45) is 0 Å². The highest BCUT2D eigenvalue weighted by Gasteiger charge is 2.34. The van der Waals surface area contributed by atoms with E-state index in [4.69, 9.17) is 37.0 Å². The van der Waals surface area contributed by atoms with Crippen LogP contribution in [0.1, 0.15) is 20.8 Å². The van der Waals surface area contributed by atoms with Crippen LogP contribution in [0.4, 0.5) is 0 Å². The normalized spacial score (nSPS) is 14.3. The van der Waals surface area contributed by atoms with E-state index in [9.17, 15) is 9.36 Å². The fourth-order valence-electron chi connectivity index (χ4n) is 1.99. The summed E-state index contributed by atoms with van der Waals surface area (Å²) in [5.74, 6) is -0.201. The molecule has 0 heterocycles. The van der Waals surface area contributed by atoms with Gasteiger partial charge in [0.1, 0.15) is 17.5 Å². The van der Waals surface area contributed by atoms with Gasteiger partial charge in [-0.2, -0.15) is 5.09 Å². The number of halogens is 2. The highest BCUT2D eigenvalue weighted by Crippen LogP contribution is 2.47. The van der Waals surface area contributed by atoms with Gasteiger partial charge in [0.05, 0.1) is 11.1 Å². The predicted molar refractivity (Wildman–Crippen MR) is 106 cm³/mol. The first-order valence-electron chi connectivity index (χ1n) is 8.16. The van der Waals surface area contributed by atoms with Crippen LogP contribution in [0.25, 0.3) is 0 Å². The van der Waals surface area contributed by atoms with Crippen molar-refractivity contribution in [3.05, 3.63) is 58.6 Å². The van der Waals surface area contributed by atoms with Crippen molar-refractivity contribution in [1.29, 1.82) is 0 Å². The maximum atomic E-state index is 13.3. The average molecular weight is 432 g/mol. The molecule has 2 aromatic rings. The molecule has 0 radical (unpaired) electrons. The molecule has 0 saturated heterocycles. The maximum Gasteiger partial charge on any atom is 0.513 e. The third kappa shape index (κ3) is 6.74. The lowest BCUT2D eigenvalue weighted by Gasteiger charge is -2.24. The van der Waals surface area contributed by atoms with Crippen molar-refractivity contribution in [2.45, 2.75) is 32.9 Å². The van der Waals surface area contributed by atoms with Crippen LogP contribution >= 0.6 is 30.9 Å². The number of carbonyl (C=O) groups is 1. The molecule has 0 aliphatic heterocycles. The standard InChI is InChI=1S/C18H20Cl2NO5P/c1-12(2)24-18(22)13(3)21-27(23,25-15-7-5-4-6-8-15)26-17-10-9-14(19)11-16(17)20/h4-13H,1-3H3,(H,21,23)/t13-,27?/m0/s1. The number of hydrogen-bond donors (Lipinski definition) is 1. The smallest absolute Gasteiger partial charge is 0.462 e. The van der Waals surface area contributed by atoms with E-state index in [0.29, 0.717) is 10.8 Å². The van der Waals surface area contributed by atoms with E-state index in [2.05, 4.69) is 5.09 Å². The minimum atomic E-state index is -4.04. The van der Waals surface area contributed by atoms with Gasteiger partial charge in [0, 0.05) is 5.02 Å². The van der Waals surface area contributed by atoms with Gasteiger partial charge in [-0.05, 0) is 51.1 Å². The molecule has 146 valence electrons. The van der Waals surface area contributed by atoms with Crippen LogP contribution in [0.5, 0.6) is 11.5 Å². The number of para-hydroxylation sites is 1. The zero-order valence-corrected chi connectivity index (χ0v) is 17.4. The first kappa shape index (κ1) is 21.6. The van der Waals surface area contributed by atoms with Gasteiger partial charge in [-0.25, -0.2) is 4.57 Å². The molecule has 0 saturated carbocycles. The van der Waals surface area contributed by atoms with Gasteiger partial charge in [0.15, 0.2) is 0 Å². The van der Waals surface area contributed by atoms with Crippen LogP contribution in [0, 0.1) is 0 Å². The highest BCUT2D eigenvalue weighted by molar-refractivity contribution is 7.52. The number of ether oxygens (including phenoxy) is 1. The lowest BCUT2D eigenvalue weighted by Crippen LogP contribution is -2.36. The van der Waals surface area contributed by atoms with Crippen molar-refractivity contribution >= 4 is 36.9 Å². The molecule has 0 aliphatic rings. The molecular formula is C18H20Cl2NO5P. The second kappa shape index (κ2) is 9.47. The zero-order chi connectivity index (χ0) is 20.0. The molecule has 9 heteroatoms. The summed E-state index contributed by atoms with van der Waals surface area (Å²) in [4.78, 5) is 12.1. The van der Waals surface area contributed by atoms with E-state index in [-0.39, 0.29) is 16.9 Å². The number of rotatable bonds is 8. The summed E-state index contributed by atoms with van der Waals surface area (Å²) in [6, 6.07) is 11.9. The SMILES string of the molecule is CC(C)OC(=O)[C@H](C)NP(=O)(Oc1ccccc1)Oc1ccc(Cl)cc1Cl. The molecule has 0 fully saturated rings. The fourth-order valence-corrected chi connectivity index (χ4v) is 4.04. The third-order valence-electron chi connectivity index (χ3n) is 3.14. The summed E-state index contributed by atoms with van der Waals surface area (Å²) in [6.45, 7) is 4.93. The van der Waals surface area contributed by atoms with Crippen molar-refractivity contribution in [1.82, 2.24) is 5.09 Å². The third-order valence-corrected chi connectivity index (χ3v) is 5.26. The van der Waals surface area contributed by atoms with Gasteiger partial charge in [0.2, 0.25) is 0 Å². The Morgan fingerprint density at radius 3 is 2.30 bits per heavy atom. The van der Waals surface area contributed by atoms with Crippen LogP contribution in [0.2, 0.25) is 10.0 Å². The Balaban J connectivity index is 2.27. The quantitative estimate of drug-likeness (QED) is 0.439. The molecule has 6 nitrogen and oxygen atoms in total. The van der Waals surface area contributed by atoms with Crippen LogP contribution in [0.3, 0.4) is 0 Å². The lowest BCUT2D eigenvalue weighted by atomic mass is 10.3. The molecule has 2 atom stereocenters. The van der Waals surface area contributed by atoms with E-state index >= 15 is 0 Å². The monoisotopic (exact) mass is 431 g/mol. The van der Waals surface area contributed by atoms with Gasteiger partial charge in [-0.3, -0.25) is 4.79 Å². The number of esters is 1. The van der Waals surface area contributed by atoms with Gasteiger partial charge in [-0.1, -0.05) is 41.4 Å². The Bertz CT molecular complexity index is 832. The second-order valence-corrected chi connectivity index (χ2v) is 8.37. The number of hydrogen-bond acceptors (Lipinski definition) is 5. The summed E-state index contributed by atoms with van der Waals surface area (Å²) in [5, 5.41) is 3.13. The molecule has 0 aliphatic carbocycles. The van der Waals surface area contributed by atoms with Crippen molar-refractivity contribution in [3.63, 3.8) is 0 Å². The summed E-state index contributed by atoms with van der Waals surface area (Å²) in [7, 11) is -4.04. The Kier molecular flexibility index (Phi) is 7.57. The van der Waals surface area contributed by atoms with E-state index in [0.717, 1.165) is 0 Å². The Morgan fingerprint density at radius 2 is 1.70 bits per heavy atom. The van der Waals surface area contributed by atoms with Gasteiger partial charge in [-0.15, -0.1) is 0 Å². The Labute approximate surface area is 168 Å². The number of carbonyl (C=O) groups excluding carboxylic acids is 1. The van der Waals surface area contributed by atoms with E-state index in [1.54, 1.807) is 44.2 Å². The van der Waals surface area contributed by atoms with Crippen LogP contribution < -0.4 is 14.1 Å². The summed E-state index contributed by atoms with van der Waals surface area (Å²) in [6.07, 6.45) is -0.317. The molecule has 1 N–H and O–H groups in total. The van der Waals surface area contributed by atoms with Crippen molar-refractivity contribution < 1.29 is 23.1 Å². The summed E-state index contributed by atoms with van der Waals surface area (Å²) >= 11 is 12.0. The van der Waals surface area contributed by atoms with Crippen molar-refractivity contribution in [2.75, 3.05) is 0 Å². The topological polar surface area (TPSA) is 73.9 Å². The molecule has 2 aromatic carbocycles. The molecular weight excluding hydrogens is 412 g/mol. The maximum absolute atomic E-state index is 13.3. The van der Waals surface area contributed by atoms with E-state index in [1.807, 2.05) is 0 Å². The first-order chi connectivity index (χ1) is 12.7. The Morgan fingerprint density at radius 1 is 1.04 bits per heavy atom. The molecule has 1 unspecified atom stereocenters. The minimum absolute atomic E-state index is 0.0947. The molecule has 27 heavy (non-hydrogen) atoms. The van der Waals surface area contributed by atoms with Gasteiger partial charge in [0.25, 0.3) is 0 Å². The number of nitrogens with one attached hydrogen (secondary N) is 1. The van der Waals surface area contributed by atoms with Crippen molar-refractivity contribution in [3.8, 4) is 11.5 Å². The van der Waals surface area contributed by atoms with E-state index in [1.165, 1.54) is 25.1 Å². The lowest BCUT2D eigenvalue weighted by molar-refractivity contribution is -0.149. The summed E-state index contributed by atoms with van der Waals surface area (Å²) in [5.41, 5.74) is 0. The molecule has 2 rings (SSSR count). The highest BCUT2D eigenvalue weighted by atomic mass is 35.5. The zero-order valence-electron chi connectivity index (χ0n) is 15.0. The Hall–Kier alpha value is -1.72. The molecule has 0 amide bonds. The van der Waals surface area contributed by atoms with Crippen LogP contribution in [0.15, 0.2) is 48.5 Å². The van der Waals surface area contributed by atoms with Gasteiger partial charge < -0.3 is 13.8 Å². The van der Waals surface area contributed by atoms with Crippen LogP contribution in [-0.4, -0.2) is 18.1 Å². The van der Waals surface area contributed by atoms with Gasteiger partial charge >= 0.3 is 13.7 Å². The van der Waals surface area contributed by atoms with E-state index < -0.39 is 19.8 Å². The largest absolute Gasteiger partial charge is 0.513 e. The fraction of sp³-hybridized carbons (Fsp3) is 0.278. The average Bonchev–Trinajstić information content (AvgIpc) is 2.57. The number of benzene rings is 2. The minimum Gasteiger partial charge on any atom is -0.462 e. The van der Waals surface area contributed by atoms with Crippen LogP contribution in [-0.2, 0) is 14.1 Å².